The van der Waals surface area contributed by atoms with Crippen molar-refractivity contribution in [1.82, 2.24) is 0 Å². The van der Waals surface area contributed by atoms with Crippen LogP contribution in [0.1, 0.15) is 74.8 Å². The molecule has 0 bridgehead atoms. The van der Waals surface area contributed by atoms with Crippen LogP contribution in [0.4, 0.5) is 49.1 Å². The first kappa shape index (κ1) is 51.1. The number of benzene rings is 6. The Balaban J connectivity index is 0.000000488. The second-order valence-electron chi connectivity index (χ2n) is 11.9. The van der Waals surface area contributed by atoms with Gasteiger partial charge in [0.2, 0.25) is 0 Å². The van der Waals surface area contributed by atoms with Gasteiger partial charge in [0, 0.05) is 45.0 Å². The molecule has 0 aromatic heterocycles. The molecular formula is C45H43ClF6N4O4. The van der Waals surface area contributed by atoms with Crippen molar-refractivity contribution in [2.24, 2.45) is 0 Å². The van der Waals surface area contributed by atoms with Crippen molar-refractivity contribution in [3.05, 3.63) is 167 Å². The molecule has 0 radical (unpaired) electrons. The zero-order valence-electron chi connectivity index (χ0n) is 29.4. The fourth-order valence-electron chi connectivity index (χ4n) is 5.18. The highest BCUT2D eigenvalue weighted by atomic mass is 35.5. The number of nitrogens with two attached hydrogens (primary N) is 3. The molecule has 0 fully saturated rings. The quantitative estimate of drug-likeness (QED) is 0.0538. The highest BCUT2D eigenvalue weighted by Crippen LogP contribution is 2.33. The van der Waals surface area contributed by atoms with E-state index in [0.717, 1.165) is 24.3 Å². The van der Waals surface area contributed by atoms with Crippen LogP contribution < -0.4 is 22.5 Å². The molecule has 0 saturated carbocycles. The molecule has 6 aromatic rings. The molecule has 0 aliphatic rings. The fraction of sp³-hybridized carbons (Fsp3) is 0.111. The lowest BCUT2D eigenvalue weighted by atomic mass is 9.98. The van der Waals surface area contributed by atoms with E-state index in [-0.39, 0.29) is 33.5 Å². The lowest BCUT2D eigenvalue weighted by molar-refractivity contribution is -0.138. The molecule has 7 N–H and O–H groups in total. The Bertz CT molecular complexity index is 2390. The number of hydrogen-bond acceptors (Lipinski definition) is 7. The summed E-state index contributed by atoms with van der Waals surface area (Å²) in [5.41, 5.74) is 20.0. The standard InChI is InChI=1S/C21H15F3N2O2.C14H8ClF3O.C7H8N2O.3CH4/c22-21(23,24)15-8-5-13(6-9-15)17-3-1-2-4-18(17)20(28)26-16-10-7-14(12-27)19(25)11-16;15-13(19)12-4-2-1-3-11(12)9-5-7-10(8-6-9)14(16,17)18;8-6-2-1-5(4-10)7(9)3-6;;;/h1-12H,25H2,(H,26,28);1-8H;1-4H,8-9H2;3*1H4. The van der Waals surface area contributed by atoms with Crippen molar-refractivity contribution in [3.63, 3.8) is 0 Å². The molecule has 0 saturated heterocycles. The Kier molecular flexibility index (Phi) is 19.0. The first-order chi connectivity index (χ1) is 26.9. The molecule has 0 atom stereocenters. The lowest BCUT2D eigenvalue weighted by Crippen LogP contribution is -2.13. The maximum atomic E-state index is 12.8. The monoisotopic (exact) mass is 852 g/mol. The van der Waals surface area contributed by atoms with Crippen molar-refractivity contribution < 1.29 is 45.5 Å². The van der Waals surface area contributed by atoms with Crippen LogP contribution in [0.15, 0.2) is 133 Å². The molecule has 0 spiro atoms. The minimum Gasteiger partial charge on any atom is -0.399 e. The van der Waals surface area contributed by atoms with Gasteiger partial charge in [-0.2, -0.15) is 26.3 Å². The molecule has 6 aromatic carbocycles. The van der Waals surface area contributed by atoms with Crippen molar-refractivity contribution in [1.29, 1.82) is 0 Å². The van der Waals surface area contributed by atoms with Crippen LogP contribution in [0.25, 0.3) is 22.3 Å². The Morgan fingerprint density at radius 3 is 1.33 bits per heavy atom. The molecule has 0 unspecified atom stereocenters. The Morgan fingerprint density at radius 2 is 0.933 bits per heavy atom. The van der Waals surface area contributed by atoms with E-state index < -0.39 is 34.6 Å². The molecule has 15 heteroatoms. The molecule has 60 heavy (non-hydrogen) atoms. The fourth-order valence-corrected chi connectivity index (χ4v) is 5.34. The molecule has 6 rings (SSSR count). The summed E-state index contributed by atoms with van der Waals surface area (Å²) in [5, 5.41) is 2.04. The number of carbonyl (C=O) groups is 4. The highest BCUT2D eigenvalue weighted by Gasteiger charge is 2.31. The minimum absolute atomic E-state index is 0. The number of nitrogen functional groups attached to an aromatic ring is 3. The number of halogens is 7. The lowest BCUT2D eigenvalue weighted by Gasteiger charge is -2.12. The van der Waals surface area contributed by atoms with Gasteiger partial charge in [0.1, 0.15) is 0 Å². The van der Waals surface area contributed by atoms with Gasteiger partial charge >= 0.3 is 12.4 Å². The van der Waals surface area contributed by atoms with E-state index in [2.05, 4.69) is 5.32 Å². The zero-order chi connectivity index (χ0) is 41.9. The van der Waals surface area contributed by atoms with Crippen LogP contribution in [-0.2, 0) is 12.4 Å². The van der Waals surface area contributed by atoms with Crippen molar-refractivity contribution in [2.75, 3.05) is 22.5 Å². The summed E-state index contributed by atoms with van der Waals surface area (Å²) in [6.45, 7) is 0. The third kappa shape index (κ3) is 13.6. The smallest absolute Gasteiger partial charge is 0.399 e. The predicted molar refractivity (Wildman–Crippen MR) is 229 cm³/mol. The summed E-state index contributed by atoms with van der Waals surface area (Å²) in [7, 11) is 0. The normalized spacial score (nSPS) is 10.3. The molecule has 0 heterocycles. The first-order valence-electron chi connectivity index (χ1n) is 16.4. The van der Waals surface area contributed by atoms with E-state index in [4.69, 9.17) is 28.8 Å². The van der Waals surface area contributed by atoms with Gasteiger partial charge in [0.05, 0.1) is 11.1 Å². The third-order valence-electron chi connectivity index (χ3n) is 8.07. The topological polar surface area (TPSA) is 158 Å². The number of nitrogens with one attached hydrogen (secondary N) is 1. The summed E-state index contributed by atoms with van der Waals surface area (Å²) in [5.74, 6) is -0.450. The summed E-state index contributed by atoms with van der Waals surface area (Å²) < 4.78 is 75.7. The molecule has 0 aliphatic heterocycles. The largest absolute Gasteiger partial charge is 0.416 e. The molecule has 1 amide bonds. The van der Waals surface area contributed by atoms with Gasteiger partial charge in [-0.05, 0) is 107 Å². The predicted octanol–water partition coefficient (Wildman–Crippen LogP) is 12.3. The van der Waals surface area contributed by atoms with E-state index in [9.17, 15) is 45.5 Å². The van der Waals surface area contributed by atoms with Crippen molar-refractivity contribution >= 4 is 58.1 Å². The highest BCUT2D eigenvalue weighted by molar-refractivity contribution is 6.68. The van der Waals surface area contributed by atoms with E-state index >= 15 is 0 Å². The zero-order valence-corrected chi connectivity index (χ0v) is 30.1. The van der Waals surface area contributed by atoms with Gasteiger partial charge in [0.15, 0.2) is 12.6 Å². The summed E-state index contributed by atoms with van der Waals surface area (Å²) >= 11 is 5.44. The average molecular weight is 853 g/mol. The van der Waals surface area contributed by atoms with Crippen LogP contribution in [-0.4, -0.2) is 23.7 Å². The Morgan fingerprint density at radius 1 is 0.533 bits per heavy atom. The maximum absolute atomic E-state index is 12.8. The summed E-state index contributed by atoms with van der Waals surface area (Å²) in [6.07, 6.45) is -7.49. The third-order valence-corrected chi connectivity index (χ3v) is 8.27. The number of anilines is 4. The van der Waals surface area contributed by atoms with Gasteiger partial charge in [-0.1, -0.05) is 82.9 Å². The molecule has 8 nitrogen and oxygen atoms in total. The van der Waals surface area contributed by atoms with Crippen LogP contribution >= 0.6 is 11.6 Å². The van der Waals surface area contributed by atoms with E-state index in [1.807, 2.05) is 0 Å². The van der Waals surface area contributed by atoms with Crippen LogP contribution in [0.5, 0.6) is 0 Å². The number of alkyl halides is 6. The van der Waals surface area contributed by atoms with Gasteiger partial charge in [0.25, 0.3) is 11.1 Å². The van der Waals surface area contributed by atoms with Crippen molar-refractivity contribution in [2.45, 2.75) is 34.6 Å². The van der Waals surface area contributed by atoms with Gasteiger partial charge in [-0.3, -0.25) is 19.2 Å². The van der Waals surface area contributed by atoms with Crippen LogP contribution in [0.2, 0.25) is 0 Å². The van der Waals surface area contributed by atoms with Gasteiger partial charge in [-0.15, -0.1) is 0 Å². The SMILES string of the molecule is C.C.C.Nc1cc(NC(=O)c2ccccc2-c2ccc(C(F)(F)F)cc2)ccc1C=O.Nc1ccc(C=O)c(N)c1.O=C(Cl)c1ccccc1-c1ccc(C(F)(F)F)cc1. The number of hydrogen-bond donors (Lipinski definition) is 4. The number of amides is 1. The second kappa shape index (κ2) is 22.3. The number of carbonyl (C=O) groups excluding carboxylic acids is 4. The van der Waals surface area contributed by atoms with Gasteiger partial charge in [-0.25, -0.2) is 0 Å². The molecular weight excluding hydrogens is 810 g/mol. The Hall–Kier alpha value is -6.93. The van der Waals surface area contributed by atoms with Crippen molar-refractivity contribution in [3.8, 4) is 22.3 Å². The minimum atomic E-state index is -4.43. The maximum Gasteiger partial charge on any atom is 0.416 e. The molecule has 316 valence electrons. The average Bonchev–Trinajstić information content (AvgIpc) is 3.18. The number of rotatable bonds is 7. The van der Waals surface area contributed by atoms with E-state index in [1.165, 1.54) is 42.5 Å². The van der Waals surface area contributed by atoms with Crippen LogP contribution in [0, 0.1) is 0 Å². The first-order valence-corrected chi connectivity index (χ1v) is 16.8. The second-order valence-corrected chi connectivity index (χ2v) is 12.3. The Labute approximate surface area is 349 Å². The summed E-state index contributed by atoms with van der Waals surface area (Å²) in [6, 6.07) is 31.6. The molecule has 0 aliphatic carbocycles. The van der Waals surface area contributed by atoms with Gasteiger partial charge < -0.3 is 22.5 Å². The van der Waals surface area contributed by atoms with Crippen LogP contribution in [0.3, 0.4) is 0 Å². The van der Waals surface area contributed by atoms with E-state index in [1.54, 1.807) is 66.7 Å². The van der Waals surface area contributed by atoms with E-state index in [0.29, 0.717) is 68.6 Å². The number of aldehydes is 2. The summed E-state index contributed by atoms with van der Waals surface area (Å²) in [4.78, 5) is 45.0.